The quantitative estimate of drug-likeness (QED) is 0.247. The van der Waals surface area contributed by atoms with E-state index in [0.29, 0.717) is 6.07 Å². The molecule has 6 nitrogen and oxygen atoms in total. The molecule has 0 amide bonds. The van der Waals surface area contributed by atoms with Crippen molar-refractivity contribution >= 4 is 17.6 Å². The number of aliphatic hydroxyl groups is 1. The number of hydrogen-bond acceptors (Lipinski definition) is 6. The molecule has 0 bridgehead atoms. The van der Waals surface area contributed by atoms with Crippen molar-refractivity contribution in [2.24, 2.45) is 0 Å². The first kappa shape index (κ1) is 21.5. The summed E-state index contributed by atoms with van der Waals surface area (Å²) in [5, 5.41) is 9.38. The van der Waals surface area contributed by atoms with Gasteiger partial charge in [-0.05, 0) is 32.9 Å². The molecule has 0 heterocycles. The molecule has 0 radical (unpaired) electrons. The Morgan fingerprint density at radius 2 is 1.65 bits per heavy atom. The number of nitrogens with zero attached hydrogens (tertiary/aromatic N) is 1. The van der Waals surface area contributed by atoms with Gasteiger partial charge in [0, 0.05) is 6.20 Å². The fraction of sp³-hybridized carbons (Fsp3) is 0.412. The molecule has 9 heteroatoms. The largest absolute Gasteiger partial charge is 0.462 e. The Hall–Kier alpha value is -2.55. The molecule has 0 aliphatic rings. The minimum absolute atomic E-state index is 0.0370. The summed E-state index contributed by atoms with van der Waals surface area (Å²) in [6, 6.07) is 0.727. The van der Waals surface area contributed by atoms with Crippen LogP contribution in [0.1, 0.15) is 20.8 Å². The lowest BCUT2D eigenvalue weighted by molar-refractivity contribution is -0.146. The van der Waals surface area contributed by atoms with Crippen molar-refractivity contribution < 1.29 is 37.3 Å². The number of carbonyl (C=O) groups excluding carboxylic acids is 2. The first-order valence-corrected chi connectivity index (χ1v) is 7.87. The molecule has 0 aliphatic carbocycles. The third kappa shape index (κ3) is 4.98. The number of aliphatic hydroxyl groups excluding tert-OH is 1. The fourth-order valence-corrected chi connectivity index (χ4v) is 1.98. The van der Waals surface area contributed by atoms with Gasteiger partial charge in [-0.25, -0.2) is 22.8 Å². The topological polar surface area (TPSA) is 76.1 Å². The molecule has 0 fully saturated rings. The second-order valence-electron chi connectivity index (χ2n) is 5.12. The molecule has 1 atom stereocenters. The molecule has 0 unspecified atom stereocenters. The average Bonchev–Trinajstić information content (AvgIpc) is 2.61. The van der Waals surface area contributed by atoms with Gasteiger partial charge < -0.3 is 19.5 Å². The van der Waals surface area contributed by atoms with E-state index >= 15 is 0 Å². The van der Waals surface area contributed by atoms with Crippen LogP contribution in [-0.4, -0.2) is 42.9 Å². The Kier molecular flexibility index (Phi) is 8.11. The van der Waals surface area contributed by atoms with Crippen molar-refractivity contribution in [2.45, 2.75) is 26.8 Å². The smallest absolute Gasteiger partial charge is 0.347 e. The summed E-state index contributed by atoms with van der Waals surface area (Å²) < 4.78 is 50.4. The van der Waals surface area contributed by atoms with Crippen LogP contribution >= 0.6 is 0 Å². The lowest BCUT2D eigenvalue weighted by Crippen LogP contribution is -2.34. The van der Waals surface area contributed by atoms with Gasteiger partial charge in [0.05, 0.1) is 31.5 Å². The molecule has 1 N–H and O–H groups in total. The molecule has 0 aromatic heterocycles. The normalized spacial score (nSPS) is 11.5. The predicted molar refractivity (Wildman–Crippen MR) is 86.7 cm³/mol. The van der Waals surface area contributed by atoms with Gasteiger partial charge in [-0.1, -0.05) is 0 Å². The van der Waals surface area contributed by atoms with E-state index in [9.17, 15) is 27.9 Å². The molecule has 0 saturated heterocycles. The minimum atomic E-state index is -1.72. The van der Waals surface area contributed by atoms with Crippen LogP contribution < -0.4 is 4.90 Å². The molecule has 0 saturated carbocycles. The molecule has 1 aromatic carbocycles. The van der Waals surface area contributed by atoms with Crippen LogP contribution in [0.3, 0.4) is 0 Å². The summed E-state index contributed by atoms with van der Waals surface area (Å²) in [5.41, 5.74) is -1.06. The fourth-order valence-electron chi connectivity index (χ4n) is 1.98. The van der Waals surface area contributed by atoms with E-state index in [0.717, 1.165) is 17.2 Å². The van der Waals surface area contributed by atoms with Crippen LogP contribution in [-0.2, 0) is 19.1 Å². The second kappa shape index (κ2) is 9.81. The molecule has 0 spiro atoms. The Bertz CT molecular complexity index is 673. The molecular weight excluding hydrogens is 355 g/mol. The summed E-state index contributed by atoms with van der Waals surface area (Å²) >= 11 is 0. The third-order valence-corrected chi connectivity index (χ3v) is 3.29. The first-order valence-electron chi connectivity index (χ1n) is 7.87. The van der Waals surface area contributed by atoms with Crippen LogP contribution in [0.5, 0.6) is 0 Å². The minimum Gasteiger partial charge on any atom is -0.462 e. The van der Waals surface area contributed by atoms with Crippen LogP contribution in [0.15, 0.2) is 23.9 Å². The number of rotatable bonds is 8. The molecule has 144 valence electrons. The maximum Gasteiger partial charge on any atom is 0.347 e. The zero-order valence-electron chi connectivity index (χ0n) is 14.6. The number of halogens is 3. The van der Waals surface area contributed by atoms with Crippen LogP contribution in [0.4, 0.5) is 18.9 Å². The van der Waals surface area contributed by atoms with Gasteiger partial charge >= 0.3 is 11.9 Å². The Morgan fingerprint density at radius 3 is 2.12 bits per heavy atom. The maximum atomic E-state index is 14.2. The number of hydrogen-bond donors (Lipinski definition) is 1. The molecule has 1 rings (SSSR count). The second-order valence-corrected chi connectivity index (χ2v) is 5.12. The zero-order chi connectivity index (χ0) is 19.9. The SMILES string of the molecule is CCOC(=O)C(=CN(c1ccc(F)c(F)c1F)[C@@H](C)CO)C(=O)OCC. The van der Waals surface area contributed by atoms with Gasteiger partial charge in [-0.3, -0.25) is 0 Å². The van der Waals surface area contributed by atoms with Gasteiger partial charge in [0.15, 0.2) is 23.0 Å². The zero-order valence-corrected chi connectivity index (χ0v) is 14.6. The lowest BCUT2D eigenvalue weighted by Gasteiger charge is -2.27. The van der Waals surface area contributed by atoms with Crippen molar-refractivity contribution in [1.29, 1.82) is 0 Å². The van der Waals surface area contributed by atoms with Gasteiger partial charge in [-0.15, -0.1) is 0 Å². The predicted octanol–water partition coefficient (Wildman–Crippen LogP) is 2.30. The summed E-state index contributed by atoms with van der Waals surface area (Å²) in [7, 11) is 0. The summed E-state index contributed by atoms with van der Waals surface area (Å²) in [5.74, 6) is -6.73. The van der Waals surface area contributed by atoms with Gasteiger partial charge in [0.25, 0.3) is 0 Å². The molecular formula is C17H20F3NO5. The highest BCUT2D eigenvalue weighted by molar-refractivity contribution is 6.14. The van der Waals surface area contributed by atoms with Crippen LogP contribution in [0.2, 0.25) is 0 Å². The maximum absolute atomic E-state index is 14.2. The van der Waals surface area contributed by atoms with E-state index < -0.39 is 53.3 Å². The van der Waals surface area contributed by atoms with E-state index in [-0.39, 0.29) is 13.2 Å². The molecule has 0 aliphatic heterocycles. The van der Waals surface area contributed by atoms with E-state index in [1.54, 1.807) is 0 Å². The van der Waals surface area contributed by atoms with Gasteiger partial charge in [-0.2, -0.15) is 0 Å². The van der Waals surface area contributed by atoms with Gasteiger partial charge in [0.1, 0.15) is 0 Å². The van der Waals surface area contributed by atoms with Crippen molar-refractivity contribution in [2.75, 3.05) is 24.7 Å². The number of esters is 2. The highest BCUT2D eigenvalue weighted by atomic mass is 19.2. The number of carbonyl (C=O) groups is 2. The van der Waals surface area contributed by atoms with Crippen molar-refractivity contribution in [3.05, 3.63) is 41.4 Å². The Balaban J connectivity index is 3.50. The van der Waals surface area contributed by atoms with Crippen LogP contribution in [0.25, 0.3) is 0 Å². The highest BCUT2D eigenvalue weighted by Gasteiger charge is 2.27. The van der Waals surface area contributed by atoms with Crippen molar-refractivity contribution in [1.82, 2.24) is 0 Å². The van der Waals surface area contributed by atoms with E-state index in [1.165, 1.54) is 20.8 Å². The average molecular weight is 375 g/mol. The van der Waals surface area contributed by atoms with E-state index in [4.69, 9.17) is 9.47 Å². The Morgan fingerprint density at radius 1 is 1.12 bits per heavy atom. The highest BCUT2D eigenvalue weighted by Crippen LogP contribution is 2.26. The monoisotopic (exact) mass is 375 g/mol. The lowest BCUT2D eigenvalue weighted by atomic mass is 10.2. The Labute approximate surface area is 148 Å². The van der Waals surface area contributed by atoms with Crippen molar-refractivity contribution in [3.8, 4) is 0 Å². The number of benzene rings is 1. The summed E-state index contributed by atoms with van der Waals surface area (Å²) in [4.78, 5) is 25.0. The summed E-state index contributed by atoms with van der Waals surface area (Å²) in [6.45, 7) is 3.85. The number of ether oxygens (including phenoxy) is 2. The molecule has 1 aromatic rings. The van der Waals surface area contributed by atoms with E-state index in [2.05, 4.69) is 0 Å². The molecule has 26 heavy (non-hydrogen) atoms. The summed E-state index contributed by atoms with van der Waals surface area (Å²) in [6.07, 6.45) is 0.882. The number of anilines is 1. The van der Waals surface area contributed by atoms with Crippen LogP contribution in [0, 0.1) is 17.5 Å². The first-order chi connectivity index (χ1) is 12.3. The van der Waals surface area contributed by atoms with Gasteiger partial charge in [0.2, 0.25) is 0 Å². The van der Waals surface area contributed by atoms with Crippen molar-refractivity contribution in [3.63, 3.8) is 0 Å². The third-order valence-electron chi connectivity index (χ3n) is 3.29. The standard InChI is InChI=1S/C17H20F3NO5/c1-4-25-16(23)11(17(24)26-5-2)8-21(10(3)9-22)13-7-6-12(18)14(19)15(13)20/h6-8,10,22H,4-5,9H2,1-3H3/t10-/m0/s1. The van der Waals surface area contributed by atoms with E-state index in [1.807, 2.05) is 0 Å².